The van der Waals surface area contributed by atoms with Gasteiger partial charge in [-0.1, -0.05) is 13.0 Å². The quantitative estimate of drug-likeness (QED) is 0.849. The molecule has 0 heterocycles. The highest BCUT2D eigenvalue weighted by molar-refractivity contribution is 5.94. The van der Waals surface area contributed by atoms with Crippen LogP contribution in [0, 0.1) is 5.82 Å². The maximum Gasteiger partial charge on any atom is 0.251 e. The molecule has 0 aliphatic carbocycles. The number of carbonyl (C=O) groups excluding carboxylic acids is 1. The Bertz CT molecular complexity index is 656. The van der Waals surface area contributed by atoms with Gasteiger partial charge in [-0.2, -0.15) is 0 Å². The predicted molar refractivity (Wildman–Crippen MR) is 86.4 cm³/mol. The molecular weight excluding hydrogens is 297 g/mol. The van der Waals surface area contributed by atoms with Crippen molar-refractivity contribution < 1.29 is 18.7 Å². The maximum absolute atomic E-state index is 12.9. The van der Waals surface area contributed by atoms with E-state index in [4.69, 9.17) is 9.47 Å². The summed E-state index contributed by atoms with van der Waals surface area (Å²) in [5.74, 6) is 0.694. The minimum atomic E-state index is -0.367. The van der Waals surface area contributed by atoms with Crippen LogP contribution < -0.4 is 14.8 Å². The van der Waals surface area contributed by atoms with Crippen LogP contribution in [-0.2, 0) is 6.54 Å². The van der Waals surface area contributed by atoms with Gasteiger partial charge in [-0.05, 0) is 48.4 Å². The van der Waals surface area contributed by atoms with Crippen molar-refractivity contribution in [3.05, 3.63) is 59.4 Å². The van der Waals surface area contributed by atoms with Gasteiger partial charge in [0, 0.05) is 12.1 Å². The number of amides is 1. The smallest absolute Gasteiger partial charge is 0.251 e. The standard InChI is InChI=1S/C18H20FNO3/c1-3-10-23-16-9-4-13(11-17(16)22-2)12-20-18(21)14-5-7-15(19)8-6-14/h4-9,11H,3,10,12H2,1-2H3,(H,20,21). The number of rotatable bonds is 7. The molecule has 2 rings (SSSR count). The van der Waals surface area contributed by atoms with Gasteiger partial charge in [0.2, 0.25) is 0 Å². The van der Waals surface area contributed by atoms with Crippen molar-refractivity contribution in [2.75, 3.05) is 13.7 Å². The third-order valence-corrected chi connectivity index (χ3v) is 3.25. The highest BCUT2D eigenvalue weighted by Crippen LogP contribution is 2.28. The van der Waals surface area contributed by atoms with Crippen molar-refractivity contribution in [1.82, 2.24) is 5.32 Å². The molecule has 0 saturated carbocycles. The molecule has 0 aliphatic rings. The minimum Gasteiger partial charge on any atom is -0.493 e. The molecule has 0 aromatic heterocycles. The summed E-state index contributed by atoms with van der Waals surface area (Å²) < 4.78 is 23.8. The molecule has 122 valence electrons. The lowest BCUT2D eigenvalue weighted by molar-refractivity contribution is 0.0951. The Kier molecular flexibility index (Phi) is 5.97. The van der Waals surface area contributed by atoms with E-state index in [1.807, 2.05) is 25.1 Å². The molecule has 0 fully saturated rings. The molecule has 5 heteroatoms. The van der Waals surface area contributed by atoms with Crippen molar-refractivity contribution in [3.8, 4) is 11.5 Å². The molecule has 2 aromatic rings. The largest absolute Gasteiger partial charge is 0.493 e. The van der Waals surface area contributed by atoms with Crippen LogP contribution >= 0.6 is 0 Å². The summed E-state index contributed by atoms with van der Waals surface area (Å²) in [5, 5.41) is 2.79. The van der Waals surface area contributed by atoms with E-state index in [0.717, 1.165) is 12.0 Å². The number of carbonyl (C=O) groups is 1. The first-order valence-corrected chi connectivity index (χ1v) is 7.47. The number of nitrogens with one attached hydrogen (secondary N) is 1. The van der Waals surface area contributed by atoms with Gasteiger partial charge < -0.3 is 14.8 Å². The van der Waals surface area contributed by atoms with Crippen LogP contribution in [-0.4, -0.2) is 19.6 Å². The molecule has 2 aromatic carbocycles. The number of methoxy groups -OCH3 is 1. The monoisotopic (exact) mass is 317 g/mol. The average Bonchev–Trinajstić information content (AvgIpc) is 2.58. The molecule has 0 saturated heterocycles. The minimum absolute atomic E-state index is 0.254. The summed E-state index contributed by atoms with van der Waals surface area (Å²) in [6.45, 7) is 3.00. The van der Waals surface area contributed by atoms with Gasteiger partial charge in [-0.25, -0.2) is 4.39 Å². The Hall–Kier alpha value is -2.56. The molecule has 1 amide bonds. The summed E-state index contributed by atoms with van der Waals surface area (Å²) >= 11 is 0. The van der Waals surface area contributed by atoms with Crippen LogP contribution in [0.3, 0.4) is 0 Å². The van der Waals surface area contributed by atoms with Crippen LogP contribution in [0.15, 0.2) is 42.5 Å². The van der Waals surface area contributed by atoms with Crippen molar-refractivity contribution in [1.29, 1.82) is 0 Å². The molecule has 0 aliphatic heterocycles. The van der Waals surface area contributed by atoms with E-state index in [1.165, 1.54) is 24.3 Å². The second-order valence-corrected chi connectivity index (χ2v) is 5.02. The zero-order valence-corrected chi connectivity index (χ0v) is 13.3. The van der Waals surface area contributed by atoms with Gasteiger partial charge in [-0.15, -0.1) is 0 Å². The molecule has 4 nitrogen and oxygen atoms in total. The van der Waals surface area contributed by atoms with Crippen molar-refractivity contribution >= 4 is 5.91 Å². The second-order valence-electron chi connectivity index (χ2n) is 5.02. The highest BCUT2D eigenvalue weighted by Gasteiger charge is 2.08. The van der Waals surface area contributed by atoms with Gasteiger partial charge in [-0.3, -0.25) is 4.79 Å². The summed E-state index contributed by atoms with van der Waals surface area (Å²) in [5.41, 5.74) is 1.31. The lowest BCUT2D eigenvalue weighted by Gasteiger charge is -2.12. The number of hydrogen-bond acceptors (Lipinski definition) is 3. The highest BCUT2D eigenvalue weighted by atomic mass is 19.1. The van der Waals surface area contributed by atoms with Gasteiger partial charge in [0.05, 0.1) is 13.7 Å². The molecule has 0 bridgehead atoms. The molecule has 0 spiro atoms. The van der Waals surface area contributed by atoms with Crippen molar-refractivity contribution in [2.45, 2.75) is 19.9 Å². The Morgan fingerprint density at radius 2 is 1.87 bits per heavy atom. The lowest BCUT2D eigenvalue weighted by atomic mass is 10.1. The van der Waals surface area contributed by atoms with Crippen LogP contribution in [0.25, 0.3) is 0 Å². The lowest BCUT2D eigenvalue weighted by Crippen LogP contribution is -2.22. The number of hydrogen-bond donors (Lipinski definition) is 1. The number of halogens is 1. The molecule has 0 atom stereocenters. The fraction of sp³-hybridized carbons (Fsp3) is 0.278. The molecule has 0 unspecified atom stereocenters. The molecule has 1 N–H and O–H groups in total. The summed E-state index contributed by atoms with van der Waals surface area (Å²) in [7, 11) is 1.58. The Morgan fingerprint density at radius 1 is 1.13 bits per heavy atom. The zero-order valence-electron chi connectivity index (χ0n) is 13.3. The van der Waals surface area contributed by atoms with E-state index in [2.05, 4.69) is 5.32 Å². The summed E-state index contributed by atoms with van der Waals surface area (Å²) in [4.78, 5) is 12.0. The van der Waals surface area contributed by atoms with Gasteiger partial charge >= 0.3 is 0 Å². The van der Waals surface area contributed by atoms with Crippen LogP contribution in [0.4, 0.5) is 4.39 Å². The Morgan fingerprint density at radius 3 is 2.52 bits per heavy atom. The van der Waals surface area contributed by atoms with E-state index >= 15 is 0 Å². The molecule has 23 heavy (non-hydrogen) atoms. The fourth-order valence-corrected chi connectivity index (χ4v) is 2.04. The Balaban J connectivity index is 1.99. The van der Waals surface area contributed by atoms with E-state index < -0.39 is 0 Å². The van der Waals surface area contributed by atoms with Crippen LogP contribution in [0.1, 0.15) is 29.3 Å². The predicted octanol–water partition coefficient (Wildman–Crippen LogP) is 3.55. The first kappa shape index (κ1) is 16.8. The van der Waals surface area contributed by atoms with Crippen molar-refractivity contribution in [3.63, 3.8) is 0 Å². The van der Waals surface area contributed by atoms with E-state index in [-0.39, 0.29) is 11.7 Å². The second kappa shape index (κ2) is 8.17. The molecule has 0 radical (unpaired) electrons. The zero-order chi connectivity index (χ0) is 16.7. The molecular formula is C18H20FNO3. The van der Waals surface area contributed by atoms with Gasteiger partial charge in [0.1, 0.15) is 5.82 Å². The average molecular weight is 317 g/mol. The van der Waals surface area contributed by atoms with Crippen LogP contribution in [0.5, 0.6) is 11.5 Å². The third kappa shape index (κ3) is 4.71. The van der Waals surface area contributed by atoms with E-state index in [0.29, 0.717) is 30.2 Å². The summed E-state index contributed by atoms with van der Waals surface area (Å²) in [6.07, 6.45) is 0.915. The first-order valence-electron chi connectivity index (χ1n) is 7.47. The SMILES string of the molecule is CCCOc1ccc(CNC(=O)c2ccc(F)cc2)cc1OC. The Labute approximate surface area is 135 Å². The maximum atomic E-state index is 12.9. The topological polar surface area (TPSA) is 47.6 Å². The normalized spacial score (nSPS) is 10.2. The third-order valence-electron chi connectivity index (χ3n) is 3.25. The number of benzene rings is 2. The summed E-state index contributed by atoms with van der Waals surface area (Å²) in [6, 6.07) is 11.0. The van der Waals surface area contributed by atoms with E-state index in [9.17, 15) is 9.18 Å². The fourth-order valence-electron chi connectivity index (χ4n) is 2.04. The van der Waals surface area contributed by atoms with Gasteiger partial charge in [0.25, 0.3) is 5.91 Å². The van der Waals surface area contributed by atoms with Crippen molar-refractivity contribution in [2.24, 2.45) is 0 Å². The van der Waals surface area contributed by atoms with Crippen LogP contribution in [0.2, 0.25) is 0 Å². The first-order chi connectivity index (χ1) is 11.1. The van der Waals surface area contributed by atoms with E-state index in [1.54, 1.807) is 7.11 Å². The number of ether oxygens (including phenoxy) is 2. The van der Waals surface area contributed by atoms with Gasteiger partial charge in [0.15, 0.2) is 11.5 Å².